The largest absolute Gasteiger partial charge is 0.372 e. The number of benzene rings is 1. The Morgan fingerprint density at radius 1 is 1.10 bits per heavy atom. The van der Waals surface area contributed by atoms with Crippen molar-refractivity contribution < 1.29 is 9.59 Å². The lowest BCUT2D eigenvalue weighted by Crippen LogP contribution is -2.32. The summed E-state index contributed by atoms with van der Waals surface area (Å²) in [6.45, 7) is 3.98. The summed E-state index contributed by atoms with van der Waals surface area (Å²) in [7, 11) is 0. The van der Waals surface area contributed by atoms with Gasteiger partial charge < -0.3 is 15.5 Å². The van der Waals surface area contributed by atoms with Crippen LogP contribution >= 0.6 is 0 Å². The molecule has 1 aromatic rings. The minimum absolute atomic E-state index is 0.0144. The van der Waals surface area contributed by atoms with Gasteiger partial charge in [-0.15, -0.1) is 0 Å². The Bertz CT molecular complexity index is 465. The van der Waals surface area contributed by atoms with E-state index in [2.05, 4.69) is 15.5 Å². The van der Waals surface area contributed by atoms with Crippen LogP contribution in [0.25, 0.3) is 0 Å². The molecule has 108 valence electrons. The van der Waals surface area contributed by atoms with E-state index in [1.54, 1.807) is 6.92 Å². The number of nitrogens with zero attached hydrogens (tertiary/aromatic N) is 1. The molecule has 0 bridgehead atoms. The number of hydrogen-bond donors (Lipinski definition) is 2. The molecule has 1 heterocycles. The topological polar surface area (TPSA) is 61.4 Å². The number of amides is 2. The number of nitrogens with one attached hydrogen (secondary N) is 2. The highest BCUT2D eigenvalue weighted by atomic mass is 16.2. The highest BCUT2D eigenvalue weighted by Crippen LogP contribution is 2.21. The van der Waals surface area contributed by atoms with Crippen molar-refractivity contribution in [1.82, 2.24) is 5.32 Å². The van der Waals surface area contributed by atoms with Gasteiger partial charge in [-0.25, -0.2) is 0 Å². The van der Waals surface area contributed by atoms with Gasteiger partial charge in [-0.3, -0.25) is 9.59 Å². The summed E-state index contributed by atoms with van der Waals surface area (Å²) in [5, 5.41) is 5.32. The third kappa shape index (κ3) is 3.98. The first-order valence-corrected chi connectivity index (χ1v) is 7.10. The summed E-state index contributed by atoms with van der Waals surface area (Å²) in [5.74, 6) is -0.328. The average molecular weight is 275 g/mol. The van der Waals surface area contributed by atoms with Gasteiger partial charge in [-0.2, -0.15) is 0 Å². The molecule has 1 aromatic carbocycles. The van der Waals surface area contributed by atoms with E-state index in [1.165, 1.54) is 18.5 Å². The highest BCUT2D eigenvalue weighted by molar-refractivity contribution is 5.94. The van der Waals surface area contributed by atoms with Crippen LogP contribution in [0, 0.1) is 0 Å². The van der Waals surface area contributed by atoms with E-state index in [-0.39, 0.29) is 18.4 Å². The molecule has 0 radical (unpaired) electrons. The molecule has 0 aromatic heterocycles. The predicted octanol–water partition coefficient (Wildman–Crippen LogP) is 1.75. The average Bonchev–Trinajstić information content (AvgIpc) is 2.99. The number of hydrogen-bond acceptors (Lipinski definition) is 3. The molecule has 2 amide bonds. The molecule has 1 aliphatic heterocycles. The van der Waals surface area contributed by atoms with Gasteiger partial charge in [-0.05, 0) is 37.1 Å². The molecular formula is C15H21N3O2. The van der Waals surface area contributed by atoms with Crippen LogP contribution in [0.4, 0.5) is 11.4 Å². The number of carbonyl (C=O) groups excluding carboxylic acids is 2. The van der Waals surface area contributed by atoms with E-state index >= 15 is 0 Å². The van der Waals surface area contributed by atoms with Crippen molar-refractivity contribution in [1.29, 1.82) is 0 Å². The van der Waals surface area contributed by atoms with Crippen LogP contribution in [-0.4, -0.2) is 31.4 Å². The number of carbonyl (C=O) groups is 2. The lowest BCUT2D eigenvalue weighted by atomic mass is 10.2. The Balaban J connectivity index is 1.83. The van der Waals surface area contributed by atoms with Crippen molar-refractivity contribution in [3.8, 4) is 0 Å². The Kier molecular flexibility index (Phi) is 4.98. The van der Waals surface area contributed by atoms with Crippen LogP contribution in [0.1, 0.15) is 26.2 Å². The third-order valence-electron chi connectivity index (χ3n) is 3.39. The van der Waals surface area contributed by atoms with Crippen LogP contribution in [0.3, 0.4) is 0 Å². The molecule has 1 fully saturated rings. The SMILES string of the molecule is CCC(=O)NCC(=O)Nc1ccc(N2CCCC2)cc1. The van der Waals surface area contributed by atoms with E-state index < -0.39 is 0 Å². The first kappa shape index (κ1) is 14.4. The Hall–Kier alpha value is -2.04. The van der Waals surface area contributed by atoms with Crippen molar-refractivity contribution in [3.63, 3.8) is 0 Å². The lowest BCUT2D eigenvalue weighted by Gasteiger charge is -2.17. The fraction of sp³-hybridized carbons (Fsp3) is 0.467. The fourth-order valence-electron chi connectivity index (χ4n) is 2.24. The zero-order valence-electron chi connectivity index (χ0n) is 11.8. The number of anilines is 2. The van der Waals surface area contributed by atoms with Crippen LogP contribution in [0.5, 0.6) is 0 Å². The second-order valence-electron chi connectivity index (χ2n) is 4.92. The zero-order valence-corrected chi connectivity index (χ0v) is 11.8. The normalized spacial score (nSPS) is 14.2. The van der Waals surface area contributed by atoms with Crippen LogP contribution in [-0.2, 0) is 9.59 Å². The van der Waals surface area contributed by atoms with E-state index in [1.807, 2.05) is 24.3 Å². The van der Waals surface area contributed by atoms with E-state index in [9.17, 15) is 9.59 Å². The van der Waals surface area contributed by atoms with Crippen molar-refractivity contribution in [3.05, 3.63) is 24.3 Å². The molecule has 0 aliphatic carbocycles. The van der Waals surface area contributed by atoms with Gasteiger partial charge in [-0.1, -0.05) is 6.92 Å². The van der Waals surface area contributed by atoms with Gasteiger partial charge in [0.1, 0.15) is 0 Å². The molecule has 20 heavy (non-hydrogen) atoms. The summed E-state index contributed by atoms with van der Waals surface area (Å²) < 4.78 is 0. The van der Waals surface area contributed by atoms with Gasteiger partial charge in [0.15, 0.2) is 0 Å². The van der Waals surface area contributed by atoms with Crippen LogP contribution in [0.15, 0.2) is 24.3 Å². The lowest BCUT2D eigenvalue weighted by molar-refractivity contribution is -0.123. The van der Waals surface area contributed by atoms with E-state index in [0.29, 0.717) is 6.42 Å². The zero-order chi connectivity index (χ0) is 14.4. The molecule has 1 aliphatic rings. The first-order chi connectivity index (χ1) is 9.69. The van der Waals surface area contributed by atoms with Crippen molar-refractivity contribution >= 4 is 23.2 Å². The van der Waals surface area contributed by atoms with Gasteiger partial charge in [0.2, 0.25) is 11.8 Å². The summed E-state index contributed by atoms with van der Waals surface area (Å²) in [4.78, 5) is 25.0. The molecule has 2 rings (SSSR count). The molecule has 5 heteroatoms. The smallest absolute Gasteiger partial charge is 0.243 e. The Labute approximate surface area is 119 Å². The summed E-state index contributed by atoms with van der Waals surface area (Å²) in [6.07, 6.45) is 2.88. The molecule has 1 saturated heterocycles. The minimum atomic E-state index is -0.208. The molecule has 0 unspecified atom stereocenters. The van der Waals surface area contributed by atoms with Crippen LogP contribution < -0.4 is 15.5 Å². The van der Waals surface area contributed by atoms with E-state index in [4.69, 9.17) is 0 Å². The third-order valence-corrected chi connectivity index (χ3v) is 3.39. The van der Waals surface area contributed by atoms with Gasteiger partial charge in [0, 0.05) is 30.9 Å². The van der Waals surface area contributed by atoms with Crippen molar-refractivity contribution in [2.24, 2.45) is 0 Å². The maximum Gasteiger partial charge on any atom is 0.243 e. The van der Waals surface area contributed by atoms with Gasteiger partial charge in [0.25, 0.3) is 0 Å². The second-order valence-corrected chi connectivity index (χ2v) is 4.92. The summed E-state index contributed by atoms with van der Waals surface area (Å²) in [5.41, 5.74) is 1.95. The maximum atomic E-state index is 11.6. The first-order valence-electron chi connectivity index (χ1n) is 7.10. The quantitative estimate of drug-likeness (QED) is 0.860. The fourth-order valence-corrected chi connectivity index (χ4v) is 2.24. The molecule has 0 spiro atoms. The minimum Gasteiger partial charge on any atom is -0.372 e. The van der Waals surface area contributed by atoms with Gasteiger partial charge in [0.05, 0.1) is 6.54 Å². The Morgan fingerprint density at radius 2 is 1.75 bits per heavy atom. The van der Waals surface area contributed by atoms with Crippen LogP contribution in [0.2, 0.25) is 0 Å². The highest BCUT2D eigenvalue weighted by Gasteiger charge is 2.12. The molecule has 5 nitrogen and oxygen atoms in total. The summed E-state index contributed by atoms with van der Waals surface area (Å²) >= 11 is 0. The van der Waals surface area contributed by atoms with E-state index in [0.717, 1.165) is 18.8 Å². The predicted molar refractivity (Wildman–Crippen MR) is 79.8 cm³/mol. The molecular weight excluding hydrogens is 254 g/mol. The molecule has 0 atom stereocenters. The monoisotopic (exact) mass is 275 g/mol. The molecule has 0 saturated carbocycles. The Morgan fingerprint density at radius 3 is 2.35 bits per heavy atom. The van der Waals surface area contributed by atoms with Crippen molar-refractivity contribution in [2.45, 2.75) is 26.2 Å². The summed E-state index contributed by atoms with van der Waals surface area (Å²) in [6, 6.07) is 7.83. The molecule has 2 N–H and O–H groups in total. The van der Waals surface area contributed by atoms with Gasteiger partial charge >= 0.3 is 0 Å². The standard InChI is InChI=1S/C15H21N3O2/c1-2-14(19)16-11-15(20)17-12-5-7-13(8-6-12)18-9-3-4-10-18/h5-8H,2-4,9-11H2,1H3,(H,16,19)(H,17,20). The second kappa shape index (κ2) is 6.93. The number of rotatable bonds is 5. The van der Waals surface area contributed by atoms with Crippen molar-refractivity contribution in [2.75, 3.05) is 29.9 Å². The maximum absolute atomic E-state index is 11.6.